The average molecular weight is 764 g/mol. The summed E-state index contributed by atoms with van der Waals surface area (Å²) in [6.45, 7) is 7.88. The number of anilines is 1. The van der Waals surface area contributed by atoms with E-state index in [1.807, 2.05) is 13.8 Å². The number of nitrogens with one attached hydrogen (secondary N) is 3. The Hall–Kier alpha value is -4.95. The molecule has 0 spiro atoms. The third-order valence-electron chi connectivity index (χ3n) is 11.2. The largest absolute Gasteiger partial charge is 0.458 e. The van der Waals surface area contributed by atoms with E-state index in [2.05, 4.69) is 16.0 Å². The van der Waals surface area contributed by atoms with E-state index in [9.17, 15) is 33.6 Å². The summed E-state index contributed by atoms with van der Waals surface area (Å²) in [6.07, 6.45) is 7.20. The number of allylic oxidation sites excluding steroid dienone is 1. The van der Waals surface area contributed by atoms with Gasteiger partial charge in [0.1, 0.15) is 42.4 Å². The van der Waals surface area contributed by atoms with Crippen LogP contribution in [0.3, 0.4) is 0 Å². The van der Waals surface area contributed by atoms with Gasteiger partial charge in [-0.05, 0) is 88.5 Å². The van der Waals surface area contributed by atoms with Gasteiger partial charge in [0.15, 0.2) is 0 Å². The van der Waals surface area contributed by atoms with Crippen LogP contribution in [0.25, 0.3) is 0 Å². The number of amides is 6. The van der Waals surface area contributed by atoms with Crippen LogP contribution in [-0.2, 0) is 44.7 Å². The highest BCUT2D eigenvalue weighted by atomic mass is 16.5. The summed E-state index contributed by atoms with van der Waals surface area (Å²) in [4.78, 5) is 102. The fourth-order valence-corrected chi connectivity index (χ4v) is 8.07. The van der Waals surface area contributed by atoms with Gasteiger partial charge in [0.2, 0.25) is 35.4 Å². The van der Waals surface area contributed by atoms with Gasteiger partial charge >= 0.3 is 5.97 Å². The van der Waals surface area contributed by atoms with Crippen molar-refractivity contribution in [3.05, 3.63) is 42.0 Å². The molecule has 6 amide bonds. The van der Waals surface area contributed by atoms with E-state index >= 15 is 0 Å². The standard InChI is InChI=1S/C40H57N7O8/c1-5-6-7-8-16-33(48)43-29(23-27-12-9-13-28(41)22-27)35(49)44-34-26(4)55-40(54)31-15-11-19-46(31)37(51)25(3)42-36(50)32-21-24(2)17-20-47(32)38(52)30-14-10-18-45(30)39(34)53/h8-9,12-13,16,22,24-26,29-32,34H,5-7,10-11,14-15,17-21,23,41H2,1-4H3,(H,42,50)(H,43,48)(H,44,49)/t24?,25-,26-,29-,30-,31-,32-,34-/m0/s1. The summed E-state index contributed by atoms with van der Waals surface area (Å²) < 4.78 is 5.90. The minimum absolute atomic E-state index is 0.0412. The number of cyclic esters (lactones) is 1. The number of rotatable bonds is 9. The van der Waals surface area contributed by atoms with Crippen LogP contribution >= 0.6 is 0 Å². The number of carbonyl (C=O) groups is 7. The molecule has 1 unspecified atom stereocenters. The summed E-state index contributed by atoms with van der Waals surface area (Å²) in [7, 11) is 0. The minimum Gasteiger partial charge on any atom is -0.458 e. The van der Waals surface area contributed by atoms with Crippen molar-refractivity contribution in [1.29, 1.82) is 0 Å². The summed E-state index contributed by atoms with van der Waals surface area (Å²) >= 11 is 0. The molecule has 4 aliphatic heterocycles. The Bertz CT molecular complexity index is 1650. The first-order chi connectivity index (χ1) is 26.3. The maximum Gasteiger partial charge on any atom is 0.329 e. The number of nitrogens with two attached hydrogens (primary N) is 1. The first-order valence-electron chi connectivity index (χ1n) is 19.8. The van der Waals surface area contributed by atoms with E-state index in [4.69, 9.17) is 10.5 Å². The fraction of sp³-hybridized carbons (Fsp3) is 0.625. The van der Waals surface area contributed by atoms with E-state index in [1.165, 1.54) is 27.7 Å². The highest BCUT2D eigenvalue weighted by Gasteiger charge is 2.47. The van der Waals surface area contributed by atoms with Gasteiger partial charge in [-0.25, -0.2) is 4.79 Å². The lowest BCUT2D eigenvalue weighted by Crippen LogP contribution is -2.63. The van der Waals surface area contributed by atoms with Crippen molar-refractivity contribution in [1.82, 2.24) is 30.7 Å². The number of benzene rings is 1. The fourth-order valence-electron chi connectivity index (χ4n) is 8.07. The molecule has 300 valence electrons. The van der Waals surface area contributed by atoms with Gasteiger partial charge in [0.05, 0.1) is 0 Å². The summed E-state index contributed by atoms with van der Waals surface area (Å²) in [5.41, 5.74) is 7.16. The van der Waals surface area contributed by atoms with Crippen molar-refractivity contribution in [2.75, 3.05) is 25.4 Å². The molecule has 55 heavy (non-hydrogen) atoms. The molecule has 4 aliphatic rings. The second-order valence-electron chi connectivity index (χ2n) is 15.5. The number of carbonyl (C=O) groups excluding carboxylic acids is 7. The Morgan fingerprint density at radius 2 is 1.62 bits per heavy atom. The van der Waals surface area contributed by atoms with E-state index < -0.39 is 77.9 Å². The Balaban J connectivity index is 1.49. The number of fused-ring (bicyclic) bond motifs is 3. The normalized spacial score (nSPS) is 28.6. The Morgan fingerprint density at radius 3 is 2.33 bits per heavy atom. The molecule has 5 rings (SSSR count). The van der Waals surface area contributed by atoms with Crippen LogP contribution in [0.5, 0.6) is 0 Å². The van der Waals surface area contributed by atoms with Crippen molar-refractivity contribution in [2.45, 2.75) is 134 Å². The number of unbranched alkanes of at least 4 members (excludes halogenated alkanes) is 2. The summed E-state index contributed by atoms with van der Waals surface area (Å²) in [5, 5.41) is 8.35. The van der Waals surface area contributed by atoms with Crippen LogP contribution in [0.15, 0.2) is 36.4 Å². The number of esters is 1. The van der Waals surface area contributed by atoms with Gasteiger partial charge in [-0.2, -0.15) is 0 Å². The molecule has 4 fully saturated rings. The van der Waals surface area contributed by atoms with E-state index in [0.717, 1.165) is 12.8 Å². The average Bonchev–Trinajstić information content (AvgIpc) is 3.85. The zero-order valence-electron chi connectivity index (χ0n) is 32.5. The van der Waals surface area contributed by atoms with Gasteiger partial charge in [-0.3, -0.25) is 28.8 Å². The predicted octanol–water partition coefficient (Wildman–Crippen LogP) is 1.59. The predicted molar refractivity (Wildman–Crippen MR) is 204 cm³/mol. The molecule has 4 heterocycles. The van der Waals surface area contributed by atoms with E-state index in [-0.39, 0.29) is 31.3 Å². The lowest BCUT2D eigenvalue weighted by atomic mass is 9.91. The molecule has 8 atom stereocenters. The number of hydrogen-bond donors (Lipinski definition) is 4. The molecule has 0 bridgehead atoms. The summed E-state index contributed by atoms with van der Waals surface area (Å²) in [5.74, 6) is -3.75. The number of piperidine rings is 1. The van der Waals surface area contributed by atoms with E-state index in [0.29, 0.717) is 62.7 Å². The third-order valence-corrected chi connectivity index (χ3v) is 11.2. The molecule has 1 aromatic carbocycles. The van der Waals surface area contributed by atoms with Crippen LogP contribution < -0.4 is 21.7 Å². The van der Waals surface area contributed by atoms with E-state index in [1.54, 1.807) is 37.3 Å². The number of nitrogen functional groups attached to an aromatic ring is 1. The Labute approximate surface area is 323 Å². The highest BCUT2D eigenvalue weighted by molar-refractivity contribution is 5.98. The molecular weight excluding hydrogens is 706 g/mol. The van der Waals surface area contributed by atoms with Crippen LogP contribution in [0, 0.1) is 5.92 Å². The third kappa shape index (κ3) is 10.0. The van der Waals surface area contributed by atoms with Crippen molar-refractivity contribution < 1.29 is 38.3 Å². The maximum absolute atomic E-state index is 14.7. The van der Waals surface area contributed by atoms with Gasteiger partial charge in [-0.15, -0.1) is 0 Å². The van der Waals surface area contributed by atoms with Crippen molar-refractivity contribution in [3.8, 4) is 0 Å². The molecule has 0 aliphatic carbocycles. The zero-order valence-corrected chi connectivity index (χ0v) is 32.5. The lowest BCUT2D eigenvalue weighted by Gasteiger charge is -2.41. The maximum atomic E-state index is 14.7. The lowest BCUT2D eigenvalue weighted by molar-refractivity contribution is -0.163. The molecule has 5 N–H and O–H groups in total. The van der Waals surface area contributed by atoms with Crippen LogP contribution in [-0.4, -0.2) is 118 Å². The molecule has 1 aromatic rings. The van der Waals surface area contributed by atoms with Crippen LogP contribution in [0.2, 0.25) is 0 Å². The van der Waals surface area contributed by atoms with Gasteiger partial charge < -0.3 is 41.1 Å². The Morgan fingerprint density at radius 1 is 0.927 bits per heavy atom. The number of ether oxygens (including phenoxy) is 1. The Kier molecular flexibility index (Phi) is 13.9. The number of nitrogens with zero attached hydrogens (tertiary/aromatic N) is 3. The summed E-state index contributed by atoms with van der Waals surface area (Å²) in [6, 6.07) is 0.584. The van der Waals surface area contributed by atoms with Crippen molar-refractivity contribution in [3.63, 3.8) is 0 Å². The van der Waals surface area contributed by atoms with Gasteiger partial charge in [0.25, 0.3) is 0 Å². The highest BCUT2D eigenvalue weighted by Crippen LogP contribution is 2.29. The quantitative estimate of drug-likeness (QED) is 0.125. The monoisotopic (exact) mass is 763 g/mol. The smallest absolute Gasteiger partial charge is 0.329 e. The topological polar surface area (TPSA) is 201 Å². The van der Waals surface area contributed by atoms with Gasteiger partial charge in [0, 0.05) is 31.7 Å². The van der Waals surface area contributed by atoms with Crippen LogP contribution in [0.4, 0.5) is 5.69 Å². The van der Waals surface area contributed by atoms with Gasteiger partial charge in [-0.1, -0.05) is 44.9 Å². The van der Waals surface area contributed by atoms with Crippen LogP contribution in [0.1, 0.15) is 91.0 Å². The molecule has 0 radical (unpaired) electrons. The molecule has 0 aromatic heterocycles. The first kappa shape index (κ1) is 41.2. The van der Waals surface area contributed by atoms with Crippen molar-refractivity contribution in [2.24, 2.45) is 5.92 Å². The van der Waals surface area contributed by atoms with Crippen molar-refractivity contribution >= 4 is 47.1 Å². The first-order valence-corrected chi connectivity index (χ1v) is 19.8. The molecular formula is C40H57N7O8. The number of hydrogen-bond acceptors (Lipinski definition) is 9. The SMILES string of the molecule is CCCCC=CC(=O)N[C@@H](Cc1cccc(N)c1)C(=O)N[C@@H]1C(=O)N2CCC[C@H]2C(=O)N2CCC(C)C[C@H]2C(=O)N[C@@H](C)C(=O)N2CCC[C@H]2C(=O)O[C@H]1C. The molecule has 15 heteroatoms. The molecule has 0 saturated carbocycles. The molecule has 15 nitrogen and oxygen atoms in total. The second-order valence-corrected chi connectivity index (χ2v) is 15.5. The zero-order chi connectivity index (χ0) is 39.8. The minimum atomic E-state index is -1.46. The second kappa shape index (κ2) is 18.6. The molecule has 4 saturated heterocycles.